The van der Waals surface area contributed by atoms with Crippen molar-refractivity contribution in [3.8, 4) is 0 Å². The number of nitrogens with one attached hydrogen (secondary N) is 1. The van der Waals surface area contributed by atoms with Crippen molar-refractivity contribution < 1.29 is 9.53 Å². The zero-order valence-corrected chi connectivity index (χ0v) is 13.3. The molecule has 3 rings (SSSR count). The number of aromatic nitrogens is 3. The number of ether oxygens (including phenoxy) is 1. The molecular weight excluding hydrogens is 302 g/mol. The second-order valence-corrected chi connectivity index (χ2v) is 6.26. The normalized spacial score (nSPS) is 14.9. The lowest BCUT2D eigenvalue weighted by atomic mass is 10.3. The van der Waals surface area contributed by atoms with Gasteiger partial charge in [-0.1, -0.05) is 0 Å². The SMILES string of the molecule is Cc1cc(C(=O)Nc2ncc(C)s2)nc(N2CCOCC2)n1. The van der Waals surface area contributed by atoms with Crippen LogP contribution < -0.4 is 10.2 Å². The number of amides is 1. The van der Waals surface area contributed by atoms with E-state index in [-0.39, 0.29) is 5.91 Å². The minimum Gasteiger partial charge on any atom is -0.378 e. The Morgan fingerprint density at radius 3 is 2.77 bits per heavy atom. The highest BCUT2D eigenvalue weighted by Gasteiger charge is 2.18. The molecule has 7 nitrogen and oxygen atoms in total. The van der Waals surface area contributed by atoms with Crippen LogP contribution in [0.1, 0.15) is 21.1 Å². The number of carbonyl (C=O) groups is 1. The molecule has 8 heteroatoms. The van der Waals surface area contributed by atoms with Gasteiger partial charge in [0.25, 0.3) is 5.91 Å². The largest absolute Gasteiger partial charge is 0.378 e. The van der Waals surface area contributed by atoms with Gasteiger partial charge in [0, 0.05) is 29.9 Å². The fourth-order valence-corrected chi connectivity index (χ4v) is 2.81. The highest BCUT2D eigenvalue weighted by molar-refractivity contribution is 7.15. The predicted molar refractivity (Wildman–Crippen MR) is 84.6 cm³/mol. The Kier molecular flexibility index (Phi) is 4.30. The third-order valence-electron chi connectivity index (χ3n) is 3.21. The van der Waals surface area contributed by atoms with Crippen molar-refractivity contribution in [1.29, 1.82) is 0 Å². The zero-order chi connectivity index (χ0) is 15.5. The molecule has 0 radical (unpaired) electrons. The predicted octanol–water partition coefficient (Wildman–Crippen LogP) is 1.64. The van der Waals surface area contributed by atoms with E-state index in [0.29, 0.717) is 30.0 Å². The number of anilines is 2. The Balaban J connectivity index is 1.80. The van der Waals surface area contributed by atoms with Crippen LogP contribution in [0, 0.1) is 13.8 Å². The van der Waals surface area contributed by atoms with E-state index >= 15 is 0 Å². The van der Waals surface area contributed by atoms with E-state index in [1.54, 1.807) is 12.3 Å². The highest BCUT2D eigenvalue weighted by Crippen LogP contribution is 2.18. The van der Waals surface area contributed by atoms with Gasteiger partial charge >= 0.3 is 0 Å². The van der Waals surface area contributed by atoms with Gasteiger partial charge in [-0.05, 0) is 19.9 Å². The van der Waals surface area contributed by atoms with Crippen LogP contribution in [0.4, 0.5) is 11.1 Å². The van der Waals surface area contributed by atoms with E-state index in [9.17, 15) is 4.79 Å². The van der Waals surface area contributed by atoms with E-state index in [1.165, 1.54) is 11.3 Å². The second kappa shape index (κ2) is 6.37. The number of hydrogen-bond donors (Lipinski definition) is 1. The Labute approximate surface area is 132 Å². The number of morpholine rings is 1. The standard InChI is InChI=1S/C14H17N5O2S/c1-9-7-11(12(20)18-14-15-8-10(2)22-14)17-13(16-9)19-3-5-21-6-4-19/h7-8H,3-6H2,1-2H3,(H,15,18,20). The summed E-state index contributed by atoms with van der Waals surface area (Å²) in [5, 5.41) is 3.35. The zero-order valence-electron chi connectivity index (χ0n) is 12.5. The molecule has 0 unspecified atom stereocenters. The molecule has 1 aliphatic rings. The number of thiazole rings is 1. The van der Waals surface area contributed by atoms with Crippen LogP contribution in [0.5, 0.6) is 0 Å². The highest BCUT2D eigenvalue weighted by atomic mass is 32.1. The monoisotopic (exact) mass is 319 g/mol. The molecule has 1 amide bonds. The van der Waals surface area contributed by atoms with E-state index in [1.807, 2.05) is 18.7 Å². The Bertz CT molecular complexity index is 682. The summed E-state index contributed by atoms with van der Waals surface area (Å²) in [6.07, 6.45) is 1.73. The quantitative estimate of drug-likeness (QED) is 0.926. The maximum Gasteiger partial charge on any atom is 0.276 e. The van der Waals surface area contributed by atoms with Crippen molar-refractivity contribution >= 4 is 28.3 Å². The van der Waals surface area contributed by atoms with Crippen molar-refractivity contribution in [2.24, 2.45) is 0 Å². The van der Waals surface area contributed by atoms with Crippen LogP contribution in [0.25, 0.3) is 0 Å². The van der Waals surface area contributed by atoms with Crippen LogP contribution in [-0.4, -0.2) is 47.2 Å². The lowest BCUT2D eigenvalue weighted by molar-refractivity contribution is 0.102. The van der Waals surface area contributed by atoms with Gasteiger partial charge in [-0.25, -0.2) is 15.0 Å². The molecule has 116 valence electrons. The molecule has 0 aliphatic carbocycles. The van der Waals surface area contributed by atoms with Gasteiger partial charge in [0.2, 0.25) is 5.95 Å². The van der Waals surface area contributed by atoms with E-state index in [2.05, 4.69) is 20.3 Å². The summed E-state index contributed by atoms with van der Waals surface area (Å²) in [5.74, 6) is 0.304. The van der Waals surface area contributed by atoms with E-state index in [4.69, 9.17) is 4.74 Å². The van der Waals surface area contributed by atoms with Gasteiger partial charge in [0.1, 0.15) is 5.69 Å². The molecule has 2 aromatic rings. The van der Waals surface area contributed by atoms with Crippen molar-refractivity contribution in [3.05, 3.63) is 28.5 Å². The maximum absolute atomic E-state index is 12.3. The lowest BCUT2D eigenvalue weighted by Gasteiger charge is -2.27. The van der Waals surface area contributed by atoms with Gasteiger partial charge < -0.3 is 9.64 Å². The molecule has 22 heavy (non-hydrogen) atoms. The fourth-order valence-electron chi connectivity index (χ4n) is 2.15. The molecule has 1 saturated heterocycles. The number of carbonyl (C=O) groups excluding carboxylic acids is 1. The Hall–Kier alpha value is -2.06. The minimum atomic E-state index is -0.269. The smallest absolute Gasteiger partial charge is 0.276 e. The first-order valence-corrected chi connectivity index (χ1v) is 7.85. The second-order valence-electron chi connectivity index (χ2n) is 5.02. The summed E-state index contributed by atoms with van der Waals surface area (Å²) in [4.78, 5) is 28.3. The molecule has 2 aromatic heterocycles. The fraction of sp³-hybridized carbons (Fsp3) is 0.429. The molecular formula is C14H17N5O2S. The third kappa shape index (κ3) is 3.40. The number of nitrogens with zero attached hydrogens (tertiary/aromatic N) is 4. The van der Waals surface area contributed by atoms with Crippen molar-refractivity contribution in [2.45, 2.75) is 13.8 Å². The first kappa shape index (κ1) is 14.9. The van der Waals surface area contributed by atoms with Crippen LogP contribution in [0.15, 0.2) is 12.3 Å². The van der Waals surface area contributed by atoms with Crippen molar-refractivity contribution in [3.63, 3.8) is 0 Å². The maximum atomic E-state index is 12.3. The summed E-state index contributed by atoms with van der Waals surface area (Å²) in [6, 6.07) is 1.68. The topological polar surface area (TPSA) is 80.2 Å². The minimum absolute atomic E-state index is 0.269. The van der Waals surface area contributed by atoms with Gasteiger partial charge in [-0.15, -0.1) is 11.3 Å². The number of hydrogen-bond acceptors (Lipinski definition) is 7. The molecule has 1 aliphatic heterocycles. The van der Waals surface area contributed by atoms with Crippen molar-refractivity contribution in [2.75, 3.05) is 36.5 Å². The third-order valence-corrected chi connectivity index (χ3v) is 4.04. The van der Waals surface area contributed by atoms with Crippen LogP contribution in [0.3, 0.4) is 0 Å². The molecule has 0 bridgehead atoms. The summed E-state index contributed by atoms with van der Waals surface area (Å²) < 4.78 is 5.33. The summed E-state index contributed by atoms with van der Waals surface area (Å²) in [7, 11) is 0. The first-order valence-electron chi connectivity index (χ1n) is 7.04. The molecule has 1 N–H and O–H groups in total. The molecule has 3 heterocycles. The average Bonchev–Trinajstić information content (AvgIpc) is 2.92. The van der Waals surface area contributed by atoms with E-state index < -0.39 is 0 Å². The van der Waals surface area contributed by atoms with Crippen LogP contribution in [0.2, 0.25) is 0 Å². The molecule has 0 aromatic carbocycles. The van der Waals surface area contributed by atoms with Crippen molar-refractivity contribution in [1.82, 2.24) is 15.0 Å². The average molecular weight is 319 g/mol. The number of rotatable bonds is 3. The summed E-state index contributed by atoms with van der Waals surface area (Å²) in [5.41, 5.74) is 1.11. The van der Waals surface area contributed by atoms with E-state index in [0.717, 1.165) is 23.7 Å². The van der Waals surface area contributed by atoms with Gasteiger partial charge in [-0.2, -0.15) is 0 Å². The summed E-state index contributed by atoms with van der Waals surface area (Å²) >= 11 is 1.43. The Morgan fingerprint density at radius 1 is 1.32 bits per heavy atom. The first-order chi connectivity index (χ1) is 10.6. The molecule has 0 saturated carbocycles. The van der Waals surface area contributed by atoms with Crippen LogP contribution >= 0.6 is 11.3 Å². The van der Waals surface area contributed by atoms with Gasteiger partial charge in [0.05, 0.1) is 13.2 Å². The molecule has 0 spiro atoms. The van der Waals surface area contributed by atoms with Crippen LogP contribution in [-0.2, 0) is 4.74 Å². The Morgan fingerprint density at radius 2 is 2.09 bits per heavy atom. The lowest BCUT2D eigenvalue weighted by Crippen LogP contribution is -2.37. The number of aryl methyl sites for hydroxylation is 2. The molecule has 1 fully saturated rings. The van der Waals surface area contributed by atoms with Gasteiger partial charge in [-0.3, -0.25) is 10.1 Å². The summed E-state index contributed by atoms with van der Waals surface area (Å²) in [6.45, 7) is 6.56. The molecule has 0 atom stereocenters. The van der Waals surface area contributed by atoms with Gasteiger partial charge in [0.15, 0.2) is 5.13 Å².